The topological polar surface area (TPSA) is 33.1 Å². The minimum absolute atomic E-state index is 0.166. The third kappa shape index (κ3) is 2.58. The molecule has 1 aromatic rings. The van der Waals surface area contributed by atoms with E-state index in [1.807, 2.05) is 36.4 Å². The van der Waals surface area contributed by atoms with Gasteiger partial charge >= 0.3 is 0 Å². The van der Waals surface area contributed by atoms with Gasteiger partial charge in [-0.05, 0) is 11.6 Å². The Hall–Kier alpha value is -1.57. The first-order valence-electron chi connectivity index (χ1n) is 3.68. The molecule has 0 aliphatic carbocycles. The fraction of sp³-hybridized carbons (Fsp3) is 0.100. The fourth-order valence-electron chi connectivity index (χ4n) is 0.804. The average molecular weight is 161 g/mol. The summed E-state index contributed by atoms with van der Waals surface area (Å²) >= 11 is 0. The first-order chi connectivity index (χ1) is 5.83. The summed E-state index contributed by atoms with van der Waals surface area (Å²) in [5.41, 5.74) is 1.07. The molecule has 1 rings (SSSR count). The second-order valence-electron chi connectivity index (χ2n) is 2.31. The molecule has 0 saturated heterocycles. The molecule has 62 valence electrons. The predicted molar refractivity (Wildman–Crippen MR) is 50.2 cm³/mol. The van der Waals surface area contributed by atoms with Crippen LogP contribution in [0.2, 0.25) is 0 Å². The SMILES string of the molecule is COC(=N)/C=C/c1ccccc1. The maximum absolute atomic E-state index is 7.18. The summed E-state index contributed by atoms with van der Waals surface area (Å²) < 4.78 is 4.67. The minimum atomic E-state index is 0.166. The Kier molecular flexibility index (Phi) is 3.08. The normalized spacial score (nSPS) is 10.1. The van der Waals surface area contributed by atoms with Crippen molar-refractivity contribution in [1.82, 2.24) is 0 Å². The van der Waals surface area contributed by atoms with Crippen molar-refractivity contribution in [2.75, 3.05) is 7.11 Å². The summed E-state index contributed by atoms with van der Waals surface area (Å²) in [6.45, 7) is 0. The van der Waals surface area contributed by atoms with Gasteiger partial charge in [0.1, 0.15) is 0 Å². The molecule has 0 fully saturated rings. The van der Waals surface area contributed by atoms with Crippen molar-refractivity contribution in [3.8, 4) is 0 Å². The van der Waals surface area contributed by atoms with Crippen molar-refractivity contribution in [3.63, 3.8) is 0 Å². The van der Waals surface area contributed by atoms with E-state index in [0.29, 0.717) is 0 Å². The molecule has 0 atom stereocenters. The molecule has 0 spiro atoms. The van der Waals surface area contributed by atoms with E-state index >= 15 is 0 Å². The highest BCUT2D eigenvalue weighted by Gasteiger charge is 1.85. The Morgan fingerprint density at radius 2 is 2.00 bits per heavy atom. The highest BCUT2D eigenvalue weighted by molar-refractivity contribution is 5.89. The minimum Gasteiger partial charge on any atom is -0.481 e. The van der Waals surface area contributed by atoms with Gasteiger partial charge in [-0.25, -0.2) is 0 Å². The molecule has 2 nitrogen and oxygen atoms in total. The van der Waals surface area contributed by atoms with Crippen molar-refractivity contribution < 1.29 is 4.74 Å². The molecule has 0 saturated carbocycles. The van der Waals surface area contributed by atoms with Crippen LogP contribution >= 0.6 is 0 Å². The number of methoxy groups -OCH3 is 1. The molecule has 0 radical (unpaired) electrons. The number of benzene rings is 1. The smallest absolute Gasteiger partial charge is 0.205 e. The van der Waals surface area contributed by atoms with E-state index in [9.17, 15) is 0 Å². The quantitative estimate of drug-likeness (QED) is 0.524. The largest absolute Gasteiger partial charge is 0.481 e. The van der Waals surface area contributed by atoms with Crippen molar-refractivity contribution >= 4 is 12.0 Å². The Morgan fingerprint density at radius 1 is 1.33 bits per heavy atom. The Bertz CT molecular complexity index is 277. The number of hydrogen-bond donors (Lipinski definition) is 1. The standard InChI is InChI=1S/C10H11NO/c1-12-10(11)8-7-9-5-3-2-4-6-9/h2-8,11H,1H3/b8-7+,11-10?. The van der Waals surface area contributed by atoms with Crippen LogP contribution in [0.15, 0.2) is 36.4 Å². The molecule has 0 bridgehead atoms. The molecule has 2 heteroatoms. The van der Waals surface area contributed by atoms with Gasteiger partial charge in [-0.3, -0.25) is 5.41 Å². The first kappa shape index (κ1) is 8.53. The van der Waals surface area contributed by atoms with Crippen LogP contribution in [-0.2, 0) is 4.74 Å². The zero-order valence-electron chi connectivity index (χ0n) is 6.95. The molecule has 12 heavy (non-hydrogen) atoms. The molecule has 0 heterocycles. The van der Waals surface area contributed by atoms with Crippen LogP contribution in [0.5, 0.6) is 0 Å². The van der Waals surface area contributed by atoms with Crippen molar-refractivity contribution in [1.29, 1.82) is 5.41 Å². The maximum atomic E-state index is 7.18. The van der Waals surface area contributed by atoms with Crippen molar-refractivity contribution in [3.05, 3.63) is 42.0 Å². The molecule has 1 N–H and O–H groups in total. The zero-order valence-corrected chi connectivity index (χ0v) is 6.95. The van der Waals surface area contributed by atoms with E-state index in [0.717, 1.165) is 5.56 Å². The molecule has 0 amide bonds. The molecular formula is C10H11NO. The number of hydrogen-bond acceptors (Lipinski definition) is 2. The Balaban J connectivity index is 2.64. The fourth-order valence-corrected chi connectivity index (χ4v) is 0.804. The summed E-state index contributed by atoms with van der Waals surface area (Å²) in [4.78, 5) is 0. The van der Waals surface area contributed by atoms with Crippen LogP contribution in [0, 0.1) is 5.41 Å². The molecule has 0 unspecified atom stereocenters. The summed E-state index contributed by atoms with van der Waals surface area (Å²) in [6.07, 6.45) is 3.46. The van der Waals surface area contributed by atoms with Gasteiger partial charge in [0, 0.05) is 6.08 Å². The van der Waals surface area contributed by atoms with Gasteiger partial charge in [-0.15, -0.1) is 0 Å². The molecule has 1 aromatic carbocycles. The second-order valence-corrected chi connectivity index (χ2v) is 2.31. The van der Waals surface area contributed by atoms with E-state index in [2.05, 4.69) is 4.74 Å². The van der Waals surface area contributed by atoms with Crippen LogP contribution in [-0.4, -0.2) is 13.0 Å². The van der Waals surface area contributed by atoms with Crippen LogP contribution in [0.3, 0.4) is 0 Å². The van der Waals surface area contributed by atoms with Gasteiger partial charge in [-0.1, -0.05) is 30.3 Å². The lowest BCUT2D eigenvalue weighted by Crippen LogP contribution is -1.91. The lowest BCUT2D eigenvalue weighted by Gasteiger charge is -1.93. The average Bonchev–Trinajstić information content (AvgIpc) is 2.16. The van der Waals surface area contributed by atoms with Gasteiger partial charge in [-0.2, -0.15) is 0 Å². The second kappa shape index (κ2) is 4.34. The summed E-state index contributed by atoms with van der Waals surface area (Å²) in [5.74, 6) is 0.166. The highest BCUT2D eigenvalue weighted by atomic mass is 16.5. The predicted octanol–water partition coefficient (Wildman–Crippen LogP) is 2.32. The monoisotopic (exact) mass is 161 g/mol. The third-order valence-corrected chi connectivity index (χ3v) is 1.45. The van der Waals surface area contributed by atoms with Gasteiger partial charge in [0.15, 0.2) is 0 Å². The highest BCUT2D eigenvalue weighted by Crippen LogP contribution is 2.00. The van der Waals surface area contributed by atoms with Crippen molar-refractivity contribution in [2.24, 2.45) is 0 Å². The van der Waals surface area contributed by atoms with Gasteiger partial charge in [0.25, 0.3) is 0 Å². The summed E-state index contributed by atoms with van der Waals surface area (Å²) in [7, 11) is 1.48. The number of rotatable bonds is 2. The lowest BCUT2D eigenvalue weighted by molar-refractivity contribution is 0.403. The first-order valence-corrected chi connectivity index (χ1v) is 3.68. The number of nitrogens with one attached hydrogen (secondary N) is 1. The lowest BCUT2D eigenvalue weighted by atomic mass is 10.2. The van der Waals surface area contributed by atoms with Crippen LogP contribution in [0.1, 0.15) is 5.56 Å². The Labute approximate surface area is 72.0 Å². The number of ether oxygens (including phenoxy) is 1. The molecule has 0 aromatic heterocycles. The van der Waals surface area contributed by atoms with Crippen LogP contribution < -0.4 is 0 Å². The Morgan fingerprint density at radius 3 is 2.58 bits per heavy atom. The molecular weight excluding hydrogens is 150 g/mol. The van der Waals surface area contributed by atoms with E-state index in [1.165, 1.54) is 7.11 Å². The van der Waals surface area contributed by atoms with E-state index < -0.39 is 0 Å². The van der Waals surface area contributed by atoms with Gasteiger partial charge in [0.05, 0.1) is 7.11 Å². The van der Waals surface area contributed by atoms with E-state index in [4.69, 9.17) is 5.41 Å². The van der Waals surface area contributed by atoms with Gasteiger partial charge in [0.2, 0.25) is 5.90 Å². The van der Waals surface area contributed by atoms with Crippen molar-refractivity contribution in [2.45, 2.75) is 0 Å². The summed E-state index contributed by atoms with van der Waals surface area (Å²) in [5, 5.41) is 7.18. The van der Waals surface area contributed by atoms with Gasteiger partial charge < -0.3 is 4.74 Å². The van der Waals surface area contributed by atoms with Crippen LogP contribution in [0.4, 0.5) is 0 Å². The molecule has 0 aliphatic rings. The molecule has 0 aliphatic heterocycles. The third-order valence-electron chi connectivity index (χ3n) is 1.45. The van der Waals surface area contributed by atoms with E-state index in [1.54, 1.807) is 6.08 Å². The summed E-state index contributed by atoms with van der Waals surface area (Å²) in [6, 6.07) is 9.81. The maximum Gasteiger partial charge on any atom is 0.205 e. The van der Waals surface area contributed by atoms with E-state index in [-0.39, 0.29) is 5.90 Å². The van der Waals surface area contributed by atoms with Crippen LogP contribution in [0.25, 0.3) is 6.08 Å². The zero-order chi connectivity index (χ0) is 8.81.